The van der Waals surface area contributed by atoms with Crippen LogP contribution in [0, 0.1) is 20.6 Å². The molecule has 0 aliphatic carbocycles. The van der Waals surface area contributed by atoms with Crippen molar-refractivity contribution in [3.05, 3.63) is 55.6 Å². The Kier molecular flexibility index (Phi) is 3.17. The molecule has 0 unspecified atom stereocenters. The molecule has 6 heteroatoms. The van der Waals surface area contributed by atoms with Crippen molar-refractivity contribution in [2.75, 3.05) is 0 Å². The summed E-state index contributed by atoms with van der Waals surface area (Å²) in [5.74, 6) is 0.483. The van der Waals surface area contributed by atoms with Gasteiger partial charge in [-0.2, -0.15) is 0 Å². The van der Waals surface area contributed by atoms with Gasteiger partial charge in [-0.15, -0.1) is 0 Å². The summed E-state index contributed by atoms with van der Waals surface area (Å²) in [6, 6.07) is 10.3. The third kappa shape index (κ3) is 2.15. The van der Waals surface area contributed by atoms with Crippen molar-refractivity contribution in [1.29, 1.82) is 0 Å². The molecule has 0 amide bonds. The van der Waals surface area contributed by atoms with Gasteiger partial charge in [0.1, 0.15) is 5.52 Å². The summed E-state index contributed by atoms with van der Waals surface area (Å²) in [5, 5.41) is 10.8. The maximum Gasteiger partial charge on any atom is 0.271 e. The third-order valence-electron chi connectivity index (χ3n) is 3.08. The van der Waals surface area contributed by atoms with E-state index in [1.807, 2.05) is 25.1 Å². The van der Waals surface area contributed by atoms with Crippen LogP contribution in [0.2, 0.25) is 0 Å². The van der Waals surface area contributed by atoms with Crippen molar-refractivity contribution < 1.29 is 9.34 Å². The van der Waals surface area contributed by atoms with Gasteiger partial charge in [-0.3, -0.25) is 10.1 Å². The van der Waals surface area contributed by atoms with Crippen molar-refractivity contribution in [3.8, 4) is 11.5 Å². The fourth-order valence-corrected chi connectivity index (χ4v) is 2.48. The average molecular weight is 380 g/mol. The highest BCUT2D eigenvalue weighted by Gasteiger charge is 2.14. The molecule has 1 aromatic heterocycles. The standard InChI is InChI=1S/C14H9IN2O3/c1-8-10(3-2-4-11(8)15)14-16-12-7-9(17(18)19)5-6-13(12)20-14/h2-7H,1H3. The van der Waals surface area contributed by atoms with Crippen LogP contribution in [0.5, 0.6) is 0 Å². The summed E-state index contributed by atoms with van der Waals surface area (Å²) < 4.78 is 6.81. The molecule has 2 aromatic carbocycles. The number of nitro benzene ring substituents is 1. The van der Waals surface area contributed by atoms with Crippen molar-refractivity contribution in [2.24, 2.45) is 0 Å². The number of fused-ring (bicyclic) bond motifs is 1. The highest BCUT2D eigenvalue weighted by atomic mass is 127. The molecule has 5 nitrogen and oxygen atoms in total. The lowest BCUT2D eigenvalue weighted by Gasteiger charge is -2.02. The van der Waals surface area contributed by atoms with E-state index in [-0.39, 0.29) is 5.69 Å². The number of nitrogens with zero attached hydrogens (tertiary/aromatic N) is 2. The van der Waals surface area contributed by atoms with Gasteiger partial charge >= 0.3 is 0 Å². The Balaban J connectivity index is 2.18. The van der Waals surface area contributed by atoms with E-state index in [0.717, 1.165) is 14.7 Å². The van der Waals surface area contributed by atoms with Gasteiger partial charge in [0.05, 0.1) is 4.92 Å². The zero-order valence-electron chi connectivity index (χ0n) is 10.5. The Morgan fingerprint density at radius 2 is 2.10 bits per heavy atom. The Morgan fingerprint density at radius 3 is 2.85 bits per heavy atom. The van der Waals surface area contributed by atoms with Gasteiger partial charge in [-0.05, 0) is 53.3 Å². The minimum absolute atomic E-state index is 0.0108. The number of aromatic nitrogens is 1. The fourth-order valence-electron chi connectivity index (χ4n) is 1.98. The Bertz CT molecular complexity index is 826. The summed E-state index contributed by atoms with van der Waals surface area (Å²) in [5.41, 5.74) is 3.03. The molecule has 0 radical (unpaired) electrons. The normalized spacial score (nSPS) is 10.9. The van der Waals surface area contributed by atoms with E-state index in [4.69, 9.17) is 4.42 Å². The molecule has 0 fully saturated rings. The van der Waals surface area contributed by atoms with Crippen LogP contribution in [0.3, 0.4) is 0 Å². The van der Waals surface area contributed by atoms with E-state index in [1.54, 1.807) is 6.07 Å². The average Bonchev–Trinajstić information content (AvgIpc) is 2.84. The van der Waals surface area contributed by atoms with Crippen LogP contribution in [0.15, 0.2) is 40.8 Å². The Labute approximate surface area is 127 Å². The van der Waals surface area contributed by atoms with Gasteiger partial charge in [-0.1, -0.05) is 6.07 Å². The summed E-state index contributed by atoms with van der Waals surface area (Å²) in [6.07, 6.45) is 0. The molecule has 0 bridgehead atoms. The first kappa shape index (κ1) is 13.0. The molecule has 0 N–H and O–H groups in total. The number of nitro groups is 1. The largest absolute Gasteiger partial charge is 0.436 e. The molecule has 0 atom stereocenters. The quantitative estimate of drug-likeness (QED) is 0.377. The first-order valence-electron chi connectivity index (χ1n) is 5.87. The van der Waals surface area contributed by atoms with Crippen LogP contribution in [-0.2, 0) is 0 Å². The molecular formula is C14H9IN2O3. The van der Waals surface area contributed by atoms with E-state index in [9.17, 15) is 10.1 Å². The van der Waals surface area contributed by atoms with E-state index in [0.29, 0.717) is 17.0 Å². The highest BCUT2D eigenvalue weighted by Crippen LogP contribution is 2.30. The molecule has 3 aromatic rings. The van der Waals surface area contributed by atoms with Gasteiger partial charge in [0, 0.05) is 21.3 Å². The number of rotatable bonds is 2. The monoisotopic (exact) mass is 380 g/mol. The highest BCUT2D eigenvalue weighted by molar-refractivity contribution is 14.1. The minimum atomic E-state index is -0.440. The van der Waals surface area contributed by atoms with Gasteiger partial charge in [0.15, 0.2) is 5.58 Å². The van der Waals surface area contributed by atoms with Crippen LogP contribution < -0.4 is 0 Å². The SMILES string of the molecule is Cc1c(I)cccc1-c1nc2cc([N+](=O)[O-])ccc2o1. The van der Waals surface area contributed by atoms with Gasteiger partial charge in [0.25, 0.3) is 5.69 Å². The number of oxazole rings is 1. The number of hydrogen-bond donors (Lipinski definition) is 0. The van der Waals surface area contributed by atoms with Gasteiger partial charge < -0.3 is 4.42 Å². The smallest absolute Gasteiger partial charge is 0.271 e. The molecule has 0 saturated carbocycles. The molecule has 3 rings (SSSR count). The summed E-state index contributed by atoms with van der Waals surface area (Å²) >= 11 is 2.25. The molecule has 100 valence electrons. The van der Waals surface area contributed by atoms with Crippen molar-refractivity contribution >= 4 is 39.4 Å². The van der Waals surface area contributed by atoms with Crippen LogP contribution in [-0.4, -0.2) is 9.91 Å². The first-order chi connectivity index (χ1) is 9.56. The van der Waals surface area contributed by atoms with Gasteiger partial charge in [0.2, 0.25) is 5.89 Å². The predicted molar refractivity (Wildman–Crippen MR) is 83.6 cm³/mol. The van der Waals surface area contributed by atoms with Gasteiger partial charge in [-0.25, -0.2) is 4.98 Å². The lowest BCUT2D eigenvalue weighted by Crippen LogP contribution is -1.87. The second-order valence-corrected chi connectivity index (χ2v) is 5.50. The molecule has 0 aliphatic heterocycles. The number of hydrogen-bond acceptors (Lipinski definition) is 4. The first-order valence-corrected chi connectivity index (χ1v) is 6.94. The maximum atomic E-state index is 10.8. The molecule has 0 aliphatic rings. The topological polar surface area (TPSA) is 69.2 Å². The van der Waals surface area contributed by atoms with Crippen LogP contribution in [0.1, 0.15) is 5.56 Å². The van der Waals surface area contributed by atoms with E-state index >= 15 is 0 Å². The fraction of sp³-hybridized carbons (Fsp3) is 0.0714. The second kappa shape index (κ2) is 4.86. The lowest BCUT2D eigenvalue weighted by atomic mass is 10.1. The molecular weight excluding hydrogens is 371 g/mol. The number of benzene rings is 2. The van der Waals surface area contributed by atoms with Crippen LogP contribution in [0.25, 0.3) is 22.6 Å². The Hall–Kier alpha value is -1.96. The molecule has 1 heterocycles. The van der Waals surface area contributed by atoms with E-state index < -0.39 is 4.92 Å². The third-order valence-corrected chi connectivity index (χ3v) is 4.25. The van der Waals surface area contributed by atoms with E-state index in [2.05, 4.69) is 27.6 Å². The van der Waals surface area contributed by atoms with E-state index in [1.165, 1.54) is 12.1 Å². The van der Waals surface area contributed by atoms with Crippen LogP contribution >= 0.6 is 22.6 Å². The Morgan fingerprint density at radius 1 is 1.30 bits per heavy atom. The lowest BCUT2D eigenvalue weighted by molar-refractivity contribution is -0.384. The van der Waals surface area contributed by atoms with Crippen molar-refractivity contribution in [3.63, 3.8) is 0 Å². The second-order valence-electron chi connectivity index (χ2n) is 4.34. The number of halogens is 1. The minimum Gasteiger partial charge on any atom is -0.436 e. The summed E-state index contributed by atoms with van der Waals surface area (Å²) in [6.45, 7) is 1.99. The van der Waals surface area contributed by atoms with Crippen LogP contribution in [0.4, 0.5) is 5.69 Å². The number of non-ortho nitro benzene ring substituents is 1. The molecule has 0 saturated heterocycles. The van der Waals surface area contributed by atoms with Crippen molar-refractivity contribution in [2.45, 2.75) is 6.92 Å². The maximum absolute atomic E-state index is 10.8. The zero-order valence-corrected chi connectivity index (χ0v) is 12.6. The van der Waals surface area contributed by atoms with Crippen molar-refractivity contribution in [1.82, 2.24) is 4.98 Å². The molecule has 20 heavy (non-hydrogen) atoms. The predicted octanol–water partition coefficient (Wildman–Crippen LogP) is 4.32. The summed E-state index contributed by atoms with van der Waals surface area (Å²) in [7, 11) is 0. The molecule has 0 spiro atoms. The zero-order chi connectivity index (χ0) is 14.3. The summed E-state index contributed by atoms with van der Waals surface area (Å²) in [4.78, 5) is 14.7.